The molecule has 0 aromatic rings. The van der Waals surface area contributed by atoms with Gasteiger partial charge in [0.05, 0.1) is 0 Å². The van der Waals surface area contributed by atoms with Crippen LogP contribution in [0.5, 0.6) is 0 Å². The number of allylic oxidation sites excluding steroid dienone is 3. The van der Waals surface area contributed by atoms with Crippen molar-refractivity contribution in [2.45, 2.75) is 65.7 Å². The molecule has 0 radical (unpaired) electrons. The third-order valence-corrected chi connectivity index (χ3v) is 6.59. The Hall–Kier alpha value is -0.633. The predicted octanol–water partition coefficient (Wildman–Crippen LogP) is 5.47. The molecule has 0 heterocycles. The van der Waals surface area contributed by atoms with Crippen LogP contribution in [0, 0.1) is 16.7 Å². The Bertz CT molecular complexity index is 404. The highest BCUT2D eigenvalue weighted by Crippen LogP contribution is 2.52. The van der Waals surface area contributed by atoms with E-state index >= 15 is 0 Å². The zero-order chi connectivity index (χ0) is 15.6. The minimum absolute atomic E-state index is 0.134. The highest BCUT2D eigenvalue weighted by atomic mass is 28.3. The standard InChI is InChI=1S/C18H32OSi/c1-8-17(3)10-11-18(4,15(2)9-12-19)16(13-17)14-20(5,6)7/h8,12-13,15H,1,9-11,14H2,2-7H3/t15-,17+,18+/m1/s1. The number of aldehydes is 1. The highest BCUT2D eigenvalue weighted by molar-refractivity contribution is 6.76. The van der Waals surface area contributed by atoms with Gasteiger partial charge in [0.1, 0.15) is 6.29 Å². The van der Waals surface area contributed by atoms with E-state index < -0.39 is 8.07 Å². The SMILES string of the molecule is C=C[C@]1(C)C=C(C[Si](C)(C)C)[C@](C)([C@H](C)CC=O)CC1. The van der Waals surface area contributed by atoms with Crippen molar-refractivity contribution in [1.29, 1.82) is 0 Å². The van der Waals surface area contributed by atoms with Gasteiger partial charge in [-0.05, 0) is 30.2 Å². The Morgan fingerprint density at radius 1 is 1.35 bits per heavy atom. The van der Waals surface area contributed by atoms with E-state index in [-0.39, 0.29) is 10.8 Å². The van der Waals surface area contributed by atoms with Crippen LogP contribution in [-0.4, -0.2) is 14.4 Å². The lowest BCUT2D eigenvalue weighted by atomic mass is 9.61. The number of carbonyl (C=O) groups is 1. The smallest absolute Gasteiger partial charge is 0.120 e. The molecular weight excluding hydrogens is 260 g/mol. The van der Waals surface area contributed by atoms with Crippen molar-refractivity contribution in [3.8, 4) is 0 Å². The first-order chi connectivity index (χ1) is 9.06. The van der Waals surface area contributed by atoms with Gasteiger partial charge in [-0.25, -0.2) is 0 Å². The average molecular weight is 293 g/mol. The monoisotopic (exact) mass is 292 g/mol. The van der Waals surface area contributed by atoms with Crippen LogP contribution in [0.15, 0.2) is 24.3 Å². The average Bonchev–Trinajstić information content (AvgIpc) is 2.33. The molecule has 0 aliphatic heterocycles. The van der Waals surface area contributed by atoms with Gasteiger partial charge in [-0.3, -0.25) is 0 Å². The van der Waals surface area contributed by atoms with Gasteiger partial charge in [-0.2, -0.15) is 0 Å². The Morgan fingerprint density at radius 2 is 1.95 bits per heavy atom. The topological polar surface area (TPSA) is 17.1 Å². The Labute approximate surface area is 126 Å². The molecule has 0 saturated heterocycles. The molecule has 0 unspecified atom stereocenters. The highest BCUT2D eigenvalue weighted by Gasteiger charge is 2.41. The zero-order valence-electron chi connectivity index (χ0n) is 14.3. The molecule has 0 saturated carbocycles. The van der Waals surface area contributed by atoms with Crippen molar-refractivity contribution in [1.82, 2.24) is 0 Å². The van der Waals surface area contributed by atoms with Crippen molar-refractivity contribution < 1.29 is 4.79 Å². The summed E-state index contributed by atoms with van der Waals surface area (Å²) in [6.07, 6.45) is 8.64. The van der Waals surface area contributed by atoms with Gasteiger partial charge in [0.2, 0.25) is 0 Å². The molecule has 0 N–H and O–H groups in total. The first kappa shape index (κ1) is 17.4. The molecule has 1 aliphatic rings. The third-order valence-electron chi connectivity index (χ3n) is 5.15. The Balaban J connectivity index is 3.20. The number of carbonyl (C=O) groups excluding carboxylic acids is 1. The van der Waals surface area contributed by atoms with Crippen molar-refractivity contribution in [3.05, 3.63) is 24.3 Å². The second-order valence-electron chi connectivity index (χ2n) is 8.34. The molecule has 0 bridgehead atoms. The molecule has 114 valence electrons. The number of hydrogen-bond acceptors (Lipinski definition) is 1. The second kappa shape index (κ2) is 6.01. The Kier molecular flexibility index (Phi) is 5.23. The summed E-state index contributed by atoms with van der Waals surface area (Å²) in [4.78, 5) is 10.9. The second-order valence-corrected chi connectivity index (χ2v) is 13.8. The molecular formula is C18H32OSi. The first-order valence-electron chi connectivity index (χ1n) is 7.86. The summed E-state index contributed by atoms with van der Waals surface area (Å²) in [5.41, 5.74) is 1.90. The minimum atomic E-state index is -1.17. The van der Waals surface area contributed by atoms with Crippen LogP contribution in [0.1, 0.15) is 40.0 Å². The van der Waals surface area contributed by atoms with Crippen LogP contribution in [-0.2, 0) is 4.79 Å². The maximum absolute atomic E-state index is 10.9. The molecule has 2 heteroatoms. The summed E-state index contributed by atoms with van der Waals surface area (Å²) in [6, 6.07) is 1.23. The largest absolute Gasteiger partial charge is 0.303 e. The molecule has 0 fully saturated rings. The summed E-state index contributed by atoms with van der Waals surface area (Å²) < 4.78 is 0. The molecule has 0 aromatic heterocycles. The fraction of sp³-hybridized carbons (Fsp3) is 0.722. The number of hydrogen-bond donors (Lipinski definition) is 0. The molecule has 1 rings (SSSR count). The maximum atomic E-state index is 10.9. The van der Waals surface area contributed by atoms with Gasteiger partial charge >= 0.3 is 0 Å². The molecule has 20 heavy (non-hydrogen) atoms. The summed E-state index contributed by atoms with van der Waals surface area (Å²) in [6.45, 7) is 18.2. The number of rotatable bonds is 6. The summed E-state index contributed by atoms with van der Waals surface area (Å²) in [5.74, 6) is 0.428. The summed E-state index contributed by atoms with van der Waals surface area (Å²) in [7, 11) is -1.17. The van der Waals surface area contributed by atoms with Gasteiger partial charge in [-0.1, -0.05) is 58.1 Å². The Morgan fingerprint density at radius 3 is 2.40 bits per heavy atom. The van der Waals surface area contributed by atoms with Crippen LogP contribution in [0.25, 0.3) is 0 Å². The maximum Gasteiger partial charge on any atom is 0.120 e. The van der Waals surface area contributed by atoms with Gasteiger partial charge in [0.25, 0.3) is 0 Å². The van der Waals surface area contributed by atoms with E-state index in [1.807, 2.05) is 0 Å². The van der Waals surface area contributed by atoms with E-state index in [9.17, 15) is 4.79 Å². The van der Waals surface area contributed by atoms with E-state index in [1.165, 1.54) is 12.5 Å². The van der Waals surface area contributed by atoms with Crippen LogP contribution in [0.4, 0.5) is 0 Å². The minimum Gasteiger partial charge on any atom is -0.303 e. The molecule has 0 aromatic carbocycles. The lowest BCUT2D eigenvalue weighted by Gasteiger charge is -2.46. The quantitative estimate of drug-likeness (QED) is 0.360. The predicted molar refractivity (Wildman–Crippen MR) is 91.7 cm³/mol. The van der Waals surface area contributed by atoms with Crippen LogP contribution in [0.2, 0.25) is 25.7 Å². The van der Waals surface area contributed by atoms with Crippen molar-refractivity contribution >= 4 is 14.4 Å². The molecule has 1 aliphatic carbocycles. The van der Waals surface area contributed by atoms with Gasteiger partial charge in [0.15, 0.2) is 0 Å². The third kappa shape index (κ3) is 3.94. The lowest BCUT2D eigenvalue weighted by molar-refractivity contribution is -0.109. The van der Waals surface area contributed by atoms with E-state index in [1.54, 1.807) is 5.57 Å². The van der Waals surface area contributed by atoms with E-state index in [0.29, 0.717) is 12.3 Å². The summed E-state index contributed by atoms with van der Waals surface area (Å²) >= 11 is 0. The van der Waals surface area contributed by atoms with Gasteiger partial charge in [-0.15, -0.1) is 6.58 Å². The van der Waals surface area contributed by atoms with Crippen LogP contribution < -0.4 is 0 Å². The van der Waals surface area contributed by atoms with E-state index in [2.05, 4.69) is 59.1 Å². The van der Waals surface area contributed by atoms with Crippen molar-refractivity contribution in [3.63, 3.8) is 0 Å². The lowest BCUT2D eigenvalue weighted by Crippen LogP contribution is -2.37. The van der Waals surface area contributed by atoms with Crippen molar-refractivity contribution in [2.24, 2.45) is 16.7 Å². The van der Waals surface area contributed by atoms with Crippen molar-refractivity contribution in [2.75, 3.05) is 0 Å². The molecule has 1 nitrogen and oxygen atoms in total. The zero-order valence-corrected chi connectivity index (χ0v) is 15.3. The molecule has 0 spiro atoms. The fourth-order valence-electron chi connectivity index (χ4n) is 3.28. The fourth-order valence-corrected chi connectivity index (χ4v) is 4.93. The molecule has 3 atom stereocenters. The van der Waals surface area contributed by atoms with Crippen LogP contribution >= 0.6 is 0 Å². The summed E-state index contributed by atoms with van der Waals surface area (Å²) in [5, 5.41) is 0. The first-order valence-corrected chi connectivity index (χ1v) is 11.6. The van der Waals surface area contributed by atoms with Gasteiger partial charge < -0.3 is 4.79 Å². The normalized spacial score (nSPS) is 32.4. The van der Waals surface area contributed by atoms with Crippen LogP contribution in [0.3, 0.4) is 0 Å². The molecule has 0 amide bonds. The van der Waals surface area contributed by atoms with E-state index in [4.69, 9.17) is 0 Å². The van der Waals surface area contributed by atoms with Gasteiger partial charge in [0, 0.05) is 19.9 Å². The van der Waals surface area contributed by atoms with E-state index in [0.717, 1.165) is 12.7 Å².